The molecule has 10 nitrogen and oxygen atoms in total. The number of benzene rings is 2. The molecular weight excluding hydrogens is 459 g/mol. The van der Waals surface area contributed by atoms with Crippen molar-refractivity contribution in [3.8, 4) is 11.5 Å². The average Bonchev–Trinajstić information content (AvgIpc) is 2.71. The van der Waals surface area contributed by atoms with Gasteiger partial charge in [0.1, 0.15) is 11.4 Å². The second-order valence-electron chi connectivity index (χ2n) is 8.09. The first-order valence-corrected chi connectivity index (χ1v) is 11.2. The summed E-state index contributed by atoms with van der Waals surface area (Å²) in [6.07, 6.45) is -2.25. The summed E-state index contributed by atoms with van der Waals surface area (Å²) in [6.45, 7) is 4.50. The van der Waals surface area contributed by atoms with Crippen molar-refractivity contribution in [2.45, 2.75) is 37.4 Å². The van der Waals surface area contributed by atoms with E-state index in [4.69, 9.17) is 14.2 Å². The molecule has 1 aliphatic heterocycles. The summed E-state index contributed by atoms with van der Waals surface area (Å²) in [5, 5.41) is 11.9. The highest BCUT2D eigenvalue weighted by Crippen LogP contribution is 2.39. The van der Waals surface area contributed by atoms with Gasteiger partial charge in [-0.2, -0.15) is 0 Å². The minimum atomic E-state index is -4.37. The van der Waals surface area contributed by atoms with Crippen LogP contribution in [0.3, 0.4) is 0 Å². The molecule has 2 aromatic rings. The number of amides is 1. The van der Waals surface area contributed by atoms with E-state index < -0.39 is 46.2 Å². The molecule has 0 radical (unpaired) electrons. The Balaban J connectivity index is 2.04. The first-order chi connectivity index (χ1) is 15.3. The number of aliphatic carboxylic acids is 1. The van der Waals surface area contributed by atoms with E-state index in [9.17, 15) is 27.5 Å². The smallest absolute Gasteiger partial charge is 0.412 e. The van der Waals surface area contributed by atoms with E-state index in [1.807, 2.05) is 0 Å². The lowest BCUT2D eigenvalue weighted by molar-refractivity contribution is -0.144. The molecule has 1 aliphatic rings. The van der Waals surface area contributed by atoms with Crippen LogP contribution in [-0.2, 0) is 19.6 Å². The summed E-state index contributed by atoms with van der Waals surface area (Å²) in [4.78, 5) is 23.4. The minimum absolute atomic E-state index is 0.00986. The quantitative estimate of drug-likeness (QED) is 0.664. The zero-order valence-electron chi connectivity index (χ0n) is 18.3. The number of rotatable bonds is 5. The highest BCUT2D eigenvalue weighted by molar-refractivity contribution is 7.92. The van der Waals surface area contributed by atoms with Crippen LogP contribution in [0.5, 0.6) is 11.5 Å². The van der Waals surface area contributed by atoms with E-state index in [-0.39, 0.29) is 27.8 Å². The SMILES string of the molecule is COc1cc(S(=O)(=O)N2CC(C(=O)O)Oc3ccc(NC(=O)OC(C)(C)C)cc32)ccc1F. The molecule has 0 spiro atoms. The minimum Gasteiger partial charge on any atom is -0.494 e. The van der Waals surface area contributed by atoms with Gasteiger partial charge in [-0.15, -0.1) is 0 Å². The molecule has 1 amide bonds. The Hall–Kier alpha value is -3.54. The van der Waals surface area contributed by atoms with Crippen molar-refractivity contribution in [3.63, 3.8) is 0 Å². The van der Waals surface area contributed by atoms with Crippen molar-refractivity contribution in [2.24, 2.45) is 0 Å². The number of carbonyl (C=O) groups is 2. The summed E-state index contributed by atoms with van der Waals surface area (Å²) < 4.78 is 56.9. The van der Waals surface area contributed by atoms with Gasteiger partial charge >= 0.3 is 12.1 Å². The Labute approximate surface area is 189 Å². The molecule has 0 fully saturated rings. The fourth-order valence-electron chi connectivity index (χ4n) is 3.03. The zero-order valence-corrected chi connectivity index (χ0v) is 19.1. The lowest BCUT2D eigenvalue weighted by Gasteiger charge is -2.34. The Morgan fingerprint density at radius 1 is 1.21 bits per heavy atom. The van der Waals surface area contributed by atoms with Crippen LogP contribution < -0.4 is 19.1 Å². The molecule has 2 aromatic carbocycles. The molecule has 3 rings (SSSR count). The summed E-state index contributed by atoms with van der Waals surface area (Å²) in [7, 11) is -3.18. The number of carbonyl (C=O) groups excluding carboxylic acids is 1. The highest BCUT2D eigenvalue weighted by Gasteiger charge is 2.38. The number of fused-ring (bicyclic) bond motifs is 1. The van der Waals surface area contributed by atoms with Crippen LogP contribution in [0.25, 0.3) is 0 Å². The Kier molecular flexibility index (Phi) is 6.41. The van der Waals surface area contributed by atoms with E-state index in [1.54, 1.807) is 20.8 Å². The third-order valence-electron chi connectivity index (χ3n) is 4.46. The number of hydrogen-bond donors (Lipinski definition) is 2. The van der Waals surface area contributed by atoms with Crippen LogP contribution in [-0.4, -0.2) is 50.9 Å². The number of anilines is 2. The van der Waals surface area contributed by atoms with Gasteiger partial charge in [-0.1, -0.05) is 0 Å². The van der Waals surface area contributed by atoms with Crippen molar-refractivity contribution >= 4 is 33.5 Å². The monoisotopic (exact) mass is 482 g/mol. The fourth-order valence-corrected chi connectivity index (χ4v) is 4.52. The lowest BCUT2D eigenvalue weighted by Crippen LogP contribution is -2.47. The van der Waals surface area contributed by atoms with Gasteiger partial charge in [-0.05, 0) is 51.1 Å². The predicted octanol–water partition coefficient (Wildman–Crippen LogP) is 3.22. The molecule has 2 N–H and O–H groups in total. The van der Waals surface area contributed by atoms with Crippen LogP contribution in [0.2, 0.25) is 0 Å². The normalized spacial score (nSPS) is 15.8. The van der Waals surface area contributed by atoms with Crippen molar-refractivity contribution < 1.29 is 41.7 Å². The standard InChI is InChI=1S/C21H23FN2O8S/c1-21(2,3)32-20(27)23-12-5-8-16-15(9-12)24(11-18(31-16)19(25)26)33(28,29)13-6-7-14(22)17(10-13)30-4/h5-10,18H,11H2,1-4H3,(H,23,27)(H,25,26). The second-order valence-corrected chi connectivity index (χ2v) is 9.95. The molecule has 33 heavy (non-hydrogen) atoms. The fraction of sp³-hybridized carbons (Fsp3) is 0.333. The number of methoxy groups -OCH3 is 1. The maximum absolute atomic E-state index is 13.8. The van der Waals surface area contributed by atoms with Gasteiger partial charge in [0.05, 0.1) is 24.2 Å². The van der Waals surface area contributed by atoms with Gasteiger partial charge in [0.25, 0.3) is 10.0 Å². The average molecular weight is 482 g/mol. The maximum Gasteiger partial charge on any atom is 0.412 e. The summed E-state index contributed by atoms with van der Waals surface area (Å²) in [6, 6.07) is 7.04. The van der Waals surface area contributed by atoms with Gasteiger partial charge in [0.15, 0.2) is 11.6 Å². The van der Waals surface area contributed by atoms with E-state index in [0.717, 1.165) is 22.5 Å². The molecular formula is C21H23FN2O8S. The van der Waals surface area contributed by atoms with Crippen LogP contribution in [0.15, 0.2) is 41.3 Å². The van der Waals surface area contributed by atoms with Crippen molar-refractivity contribution in [1.82, 2.24) is 0 Å². The summed E-state index contributed by atoms with van der Waals surface area (Å²) in [5.41, 5.74) is -0.575. The third-order valence-corrected chi connectivity index (χ3v) is 6.24. The van der Waals surface area contributed by atoms with Crippen LogP contribution >= 0.6 is 0 Å². The Bertz CT molecular complexity index is 1190. The molecule has 12 heteroatoms. The lowest BCUT2D eigenvalue weighted by atomic mass is 10.2. The van der Waals surface area contributed by atoms with E-state index in [1.165, 1.54) is 25.3 Å². The number of carboxylic acid groups (broad SMARTS) is 1. The van der Waals surface area contributed by atoms with Crippen molar-refractivity contribution in [1.29, 1.82) is 0 Å². The highest BCUT2D eigenvalue weighted by atomic mass is 32.2. The largest absolute Gasteiger partial charge is 0.494 e. The molecule has 0 saturated carbocycles. The molecule has 1 heterocycles. The molecule has 0 aromatic heterocycles. The van der Waals surface area contributed by atoms with Gasteiger partial charge in [-0.3, -0.25) is 9.62 Å². The van der Waals surface area contributed by atoms with Gasteiger partial charge in [0.2, 0.25) is 6.10 Å². The van der Waals surface area contributed by atoms with Gasteiger partial charge in [0, 0.05) is 11.8 Å². The molecule has 0 bridgehead atoms. The summed E-state index contributed by atoms with van der Waals surface area (Å²) >= 11 is 0. The van der Waals surface area contributed by atoms with Crippen LogP contribution in [0.1, 0.15) is 20.8 Å². The van der Waals surface area contributed by atoms with Crippen molar-refractivity contribution in [2.75, 3.05) is 23.3 Å². The number of nitrogens with zero attached hydrogens (tertiary/aromatic N) is 1. The van der Waals surface area contributed by atoms with Crippen LogP contribution in [0.4, 0.5) is 20.6 Å². The van der Waals surface area contributed by atoms with E-state index in [0.29, 0.717) is 0 Å². The first-order valence-electron chi connectivity index (χ1n) is 9.71. The number of halogens is 1. The van der Waals surface area contributed by atoms with E-state index >= 15 is 0 Å². The summed E-state index contributed by atoms with van der Waals surface area (Å²) in [5.74, 6) is -2.44. The number of nitrogens with one attached hydrogen (secondary N) is 1. The van der Waals surface area contributed by atoms with Crippen LogP contribution in [0, 0.1) is 5.82 Å². The second kappa shape index (κ2) is 8.77. The predicted molar refractivity (Wildman–Crippen MR) is 116 cm³/mol. The number of hydrogen-bond acceptors (Lipinski definition) is 7. The van der Waals surface area contributed by atoms with Gasteiger partial charge in [-0.25, -0.2) is 22.4 Å². The number of carboxylic acids is 1. The van der Waals surface area contributed by atoms with E-state index in [2.05, 4.69) is 5.32 Å². The van der Waals surface area contributed by atoms with Gasteiger partial charge < -0.3 is 19.3 Å². The molecule has 178 valence electrons. The van der Waals surface area contributed by atoms with Crippen molar-refractivity contribution in [3.05, 3.63) is 42.2 Å². The zero-order chi connectivity index (χ0) is 24.6. The molecule has 0 saturated heterocycles. The molecule has 1 atom stereocenters. The number of ether oxygens (including phenoxy) is 3. The Morgan fingerprint density at radius 3 is 2.52 bits per heavy atom. The Morgan fingerprint density at radius 2 is 1.91 bits per heavy atom. The topological polar surface area (TPSA) is 131 Å². The number of sulfonamides is 1. The first kappa shape index (κ1) is 24.1. The molecule has 1 unspecified atom stereocenters. The maximum atomic E-state index is 13.8. The third kappa shape index (κ3) is 5.28. The molecule has 0 aliphatic carbocycles.